The number of imidazole rings is 1. The quantitative estimate of drug-likeness (QED) is 0.738. The van der Waals surface area contributed by atoms with Gasteiger partial charge in [0.1, 0.15) is 5.82 Å². The average Bonchev–Trinajstić information content (AvgIpc) is 2.62. The van der Waals surface area contributed by atoms with Crippen LogP contribution in [0.4, 0.5) is 16.0 Å². The molecule has 0 amide bonds. The first kappa shape index (κ1) is 7.79. The van der Waals surface area contributed by atoms with Crippen molar-refractivity contribution in [2.24, 2.45) is 0 Å². The van der Waals surface area contributed by atoms with E-state index in [-0.39, 0.29) is 5.82 Å². The smallest absolute Gasteiger partial charge is 0.204 e. The molecular weight excluding hydrogens is 169 g/mol. The van der Waals surface area contributed by atoms with Crippen LogP contribution in [-0.2, 0) is 0 Å². The van der Waals surface area contributed by atoms with Gasteiger partial charge in [-0.05, 0) is 24.3 Å². The fraction of sp³-hybridized carbons (Fsp3) is 0. The molecule has 0 aliphatic rings. The summed E-state index contributed by atoms with van der Waals surface area (Å²) < 4.78 is 12.5. The summed E-state index contributed by atoms with van der Waals surface area (Å²) in [6.45, 7) is 0. The van der Waals surface area contributed by atoms with Gasteiger partial charge in [0.15, 0.2) is 0 Å². The van der Waals surface area contributed by atoms with E-state index in [9.17, 15) is 4.39 Å². The van der Waals surface area contributed by atoms with Crippen LogP contribution >= 0.6 is 0 Å². The molecule has 0 spiro atoms. The molecule has 1 aromatic carbocycles. The topological polar surface area (TPSA) is 40.7 Å². The molecule has 4 heteroatoms. The van der Waals surface area contributed by atoms with Crippen LogP contribution in [0.5, 0.6) is 0 Å². The van der Waals surface area contributed by atoms with Crippen LogP contribution in [0.2, 0.25) is 0 Å². The van der Waals surface area contributed by atoms with Crippen molar-refractivity contribution in [3.63, 3.8) is 0 Å². The normalized spacial score (nSPS) is 9.92. The van der Waals surface area contributed by atoms with Gasteiger partial charge < -0.3 is 10.3 Å². The molecule has 0 saturated carbocycles. The van der Waals surface area contributed by atoms with Gasteiger partial charge in [0, 0.05) is 18.1 Å². The Morgan fingerprint density at radius 1 is 1.23 bits per heavy atom. The first-order chi connectivity index (χ1) is 6.34. The number of aromatic nitrogens is 2. The number of benzene rings is 1. The number of H-pyrrole nitrogens is 1. The second kappa shape index (κ2) is 3.26. The summed E-state index contributed by atoms with van der Waals surface area (Å²) in [7, 11) is 0. The van der Waals surface area contributed by atoms with Crippen LogP contribution < -0.4 is 5.32 Å². The summed E-state index contributed by atoms with van der Waals surface area (Å²) >= 11 is 0. The van der Waals surface area contributed by atoms with E-state index in [1.54, 1.807) is 24.5 Å². The van der Waals surface area contributed by atoms with E-state index in [4.69, 9.17) is 0 Å². The van der Waals surface area contributed by atoms with Crippen molar-refractivity contribution in [1.82, 2.24) is 9.97 Å². The lowest BCUT2D eigenvalue weighted by atomic mass is 10.3. The number of nitrogens with zero attached hydrogens (tertiary/aromatic N) is 1. The molecule has 0 aliphatic carbocycles. The Morgan fingerprint density at radius 2 is 2.00 bits per heavy atom. The number of anilines is 2. The fourth-order valence-corrected chi connectivity index (χ4v) is 1.00. The van der Waals surface area contributed by atoms with Crippen LogP contribution in [-0.4, -0.2) is 9.97 Å². The maximum Gasteiger partial charge on any atom is 0.204 e. The van der Waals surface area contributed by atoms with Crippen LogP contribution in [0, 0.1) is 5.82 Å². The minimum Gasteiger partial charge on any atom is -0.331 e. The first-order valence-corrected chi connectivity index (χ1v) is 3.86. The number of hydrogen-bond acceptors (Lipinski definition) is 2. The molecule has 2 N–H and O–H groups in total. The third-order valence-electron chi connectivity index (χ3n) is 1.61. The predicted octanol–water partition coefficient (Wildman–Crippen LogP) is 2.29. The summed E-state index contributed by atoms with van der Waals surface area (Å²) in [6, 6.07) is 6.09. The van der Waals surface area contributed by atoms with Gasteiger partial charge in [-0.3, -0.25) is 0 Å². The minimum atomic E-state index is -0.245. The van der Waals surface area contributed by atoms with Gasteiger partial charge in [0.2, 0.25) is 5.95 Å². The van der Waals surface area contributed by atoms with Crippen molar-refractivity contribution in [3.8, 4) is 0 Å². The molecule has 0 unspecified atom stereocenters. The number of aromatic amines is 1. The Balaban J connectivity index is 2.15. The van der Waals surface area contributed by atoms with Gasteiger partial charge in [0.25, 0.3) is 0 Å². The molecule has 1 aromatic heterocycles. The van der Waals surface area contributed by atoms with E-state index in [1.165, 1.54) is 12.1 Å². The van der Waals surface area contributed by atoms with Gasteiger partial charge in [-0.2, -0.15) is 0 Å². The minimum absolute atomic E-state index is 0.245. The van der Waals surface area contributed by atoms with Crippen molar-refractivity contribution in [1.29, 1.82) is 0 Å². The Hall–Kier alpha value is -1.84. The largest absolute Gasteiger partial charge is 0.331 e. The Morgan fingerprint density at radius 3 is 2.62 bits per heavy atom. The van der Waals surface area contributed by atoms with E-state index in [1.807, 2.05) is 0 Å². The third kappa shape index (κ3) is 1.84. The van der Waals surface area contributed by atoms with Crippen LogP contribution in [0.1, 0.15) is 0 Å². The zero-order valence-electron chi connectivity index (χ0n) is 6.79. The SMILES string of the molecule is Fc1ccc(Nc2ncc[nH]2)cc1. The molecule has 13 heavy (non-hydrogen) atoms. The van der Waals surface area contributed by atoms with Crippen molar-refractivity contribution in [2.75, 3.05) is 5.32 Å². The van der Waals surface area contributed by atoms with Crippen molar-refractivity contribution in [2.45, 2.75) is 0 Å². The van der Waals surface area contributed by atoms with E-state index in [0.29, 0.717) is 5.95 Å². The van der Waals surface area contributed by atoms with Gasteiger partial charge >= 0.3 is 0 Å². The van der Waals surface area contributed by atoms with Crippen LogP contribution in [0.15, 0.2) is 36.7 Å². The summed E-state index contributed by atoms with van der Waals surface area (Å²) in [5, 5.41) is 2.98. The molecule has 0 aliphatic heterocycles. The van der Waals surface area contributed by atoms with Gasteiger partial charge in [-0.25, -0.2) is 9.37 Å². The lowest BCUT2D eigenvalue weighted by Gasteiger charge is -2.01. The highest BCUT2D eigenvalue weighted by molar-refractivity contribution is 5.52. The highest BCUT2D eigenvalue weighted by Gasteiger charge is 1.95. The first-order valence-electron chi connectivity index (χ1n) is 3.86. The summed E-state index contributed by atoms with van der Waals surface area (Å²) in [5.41, 5.74) is 0.802. The summed E-state index contributed by atoms with van der Waals surface area (Å²) in [4.78, 5) is 6.86. The van der Waals surface area contributed by atoms with Crippen molar-refractivity contribution in [3.05, 3.63) is 42.5 Å². The molecule has 0 radical (unpaired) electrons. The zero-order valence-corrected chi connectivity index (χ0v) is 6.79. The predicted molar refractivity (Wildman–Crippen MR) is 48.3 cm³/mol. The van der Waals surface area contributed by atoms with Gasteiger partial charge in [-0.15, -0.1) is 0 Å². The van der Waals surface area contributed by atoms with Gasteiger partial charge in [0.05, 0.1) is 0 Å². The molecule has 0 atom stereocenters. The van der Waals surface area contributed by atoms with Crippen LogP contribution in [0.3, 0.4) is 0 Å². The number of nitrogens with one attached hydrogen (secondary N) is 2. The standard InChI is InChI=1S/C9H8FN3/c10-7-1-3-8(4-2-7)13-9-11-5-6-12-9/h1-6H,(H2,11,12,13). The van der Waals surface area contributed by atoms with E-state index < -0.39 is 0 Å². The van der Waals surface area contributed by atoms with Gasteiger partial charge in [-0.1, -0.05) is 0 Å². The molecule has 1 heterocycles. The van der Waals surface area contributed by atoms with Crippen molar-refractivity contribution < 1.29 is 4.39 Å². The maximum absolute atomic E-state index is 12.5. The number of rotatable bonds is 2. The Bertz CT molecular complexity index is 366. The summed E-state index contributed by atoms with van der Waals surface area (Å²) in [5.74, 6) is 0.400. The molecule has 0 saturated heterocycles. The lowest BCUT2D eigenvalue weighted by molar-refractivity contribution is 0.628. The highest BCUT2D eigenvalue weighted by Crippen LogP contribution is 2.12. The molecule has 0 fully saturated rings. The lowest BCUT2D eigenvalue weighted by Crippen LogP contribution is -1.91. The highest BCUT2D eigenvalue weighted by atomic mass is 19.1. The number of halogens is 1. The molecule has 66 valence electrons. The Kier molecular flexibility index (Phi) is 1.96. The van der Waals surface area contributed by atoms with Crippen LogP contribution in [0.25, 0.3) is 0 Å². The number of hydrogen-bond donors (Lipinski definition) is 2. The Labute approximate surface area is 74.6 Å². The molecule has 2 aromatic rings. The van der Waals surface area contributed by atoms with Crippen molar-refractivity contribution >= 4 is 11.6 Å². The van der Waals surface area contributed by atoms with E-state index in [0.717, 1.165) is 5.69 Å². The maximum atomic E-state index is 12.5. The second-order valence-electron chi connectivity index (χ2n) is 2.57. The zero-order chi connectivity index (χ0) is 9.10. The molecule has 3 nitrogen and oxygen atoms in total. The molecule has 2 rings (SSSR count). The third-order valence-corrected chi connectivity index (χ3v) is 1.61. The van der Waals surface area contributed by atoms with E-state index in [2.05, 4.69) is 15.3 Å². The summed E-state index contributed by atoms with van der Waals surface area (Å²) in [6.07, 6.45) is 3.36. The fourth-order valence-electron chi connectivity index (χ4n) is 1.00. The molecule has 0 bridgehead atoms. The average molecular weight is 177 g/mol. The second-order valence-corrected chi connectivity index (χ2v) is 2.57. The van der Waals surface area contributed by atoms with E-state index >= 15 is 0 Å². The monoisotopic (exact) mass is 177 g/mol. The molecular formula is C9H8FN3.